The van der Waals surface area contributed by atoms with E-state index < -0.39 is 17.6 Å². The molecule has 1 aromatic rings. The van der Waals surface area contributed by atoms with E-state index in [-0.39, 0.29) is 12.1 Å². The van der Waals surface area contributed by atoms with Gasteiger partial charge in [0.1, 0.15) is 5.82 Å². The third-order valence-electron chi connectivity index (χ3n) is 2.77. The highest BCUT2D eigenvalue weighted by Crippen LogP contribution is 2.13. The molecule has 0 aliphatic heterocycles. The SMILES string of the molecule is CCCCN(CC(N)=O)C(=O)c1ccc(C)cc1F. The van der Waals surface area contributed by atoms with Gasteiger partial charge < -0.3 is 10.6 Å². The van der Waals surface area contributed by atoms with E-state index >= 15 is 0 Å². The van der Waals surface area contributed by atoms with Crippen molar-refractivity contribution in [2.45, 2.75) is 26.7 Å². The molecule has 0 aromatic heterocycles. The third kappa shape index (κ3) is 4.35. The number of hydrogen-bond acceptors (Lipinski definition) is 2. The molecule has 0 saturated carbocycles. The van der Waals surface area contributed by atoms with Gasteiger partial charge in [0.05, 0.1) is 12.1 Å². The van der Waals surface area contributed by atoms with Gasteiger partial charge in [-0.1, -0.05) is 19.4 Å². The van der Waals surface area contributed by atoms with E-state index in [0.29, 0.717) is 6.54 Å². The molecule has 0 fully saturated rings. The van der Waals surface area contributed by atoms with Crippen LogP contribution in [-0.4, -0.2) is 29.8 Å². The van der Waals surface area contributed by atoms with Gasteiger partial charge in [-0.25, -0.2) is 4.39 Å². The Balaban J connectivity index is 2.93. The summed E-state index contributed by atoms with van der Waals surface area (Å²) in [7, 11) is 0. The van der Waals surface area contributed by atoms with Crippen molar-refractivity contribution in [2.75, 3.05) is 13.1 Å². The van der Waals surface area contributed by atoms with Crippen molar-refractivity contribution in [3.63, 3.8) is 0 Å². The molecule has 0 aliphatic rings. The summed E-state index contributed by atoms with van der Waals surface area (Å²) in [6.45, 7) is 3.92. The lowest BCUT2D eigenvalue weighted by Crippen LogP contribution is -2.39. The van der Waals surface area contributed by atoms with Crippen LogP contribution >= 0.6 is 0 Å². The predicted molar refractivity (Wildman–Crippen MR) is 71.1 cm³/mol. The average molecular weight is 266 g/mol. The molecule has 2 N–H and O–H groups in total. The van der Waals surface area contributed by atoms with Gasteiger partial charge in [-0.2, -0.15) is 0 Å². The van der Waals surface area contributed by atoms with Gasteiger partial charge >= 0.3 is 0 Å². The zero-order valence-electron chi connectivity index (χ0n) is 11.3. The summed E-state index contributed by atoms with van der Waals surface area (Å²) in [4.78, 5) is 24.5. The molecule has 1 rings (SSSR count). The van der Waals surface area contributed by atoms with Crippen LogP contribution in [0.1, 0.15) is 35.7 Å². The quantitative estimate of drug-likeness (QED) is 0.854. The lowest BCUT2D eigenvalue weighted by molar-refractivity contribution is -0.118. The van der Waals surface area contributed by atoms with E-state index in [4.69, 9.17) is 5.73 Å². The minimum Gasteiger partial charge on any atom is -0.368 e. The van der Waals surface area contributed by atoms with Crippen molar-refractivity contribution in [3.05, 3.63) is 35.1 Å². The molecule has 1 aromatic carbocycles. The minimum atomic E-state index is -0.600. The van der Waals surface area contributed by atoms with Crippen molar-refractivity contribution < 1.29 is 14.0 Å². The summed E-state index contributed by atoms with van der Waals surface area (Å²) in [5.41, 5.74) is 5.83. The number of benzene rings is 1. The van der Waals surface area contributed by atoms with Crippen molar-refractivity contribution in [1.29, 1.82) is 0 Å². The molecule has 2 amide bonds. The van der Waals surface area contributed by atoms with E-state index in [1.807, 2.05) is 6.92 Å². The zero-order chi connectivity index (χ0) is 14.4. The number of rotatable bonds is 6. The van der Waals surface area contributed by atoms with Crippen molar-refractivity contribution >= 4 is 11.8 Å². The summed E-state index contributed by atoms with van der Waals surface area (Å²) >= 11 is 0. The van der Waals surface area contributed by atoms with E-state index in [2.05, 4.69) is 0 Å². The van der Waals surface area contributed by atoms with Crippen LogP contribution in [0.3, 0.4) is 0 Å². The maximum atomic E-state index is 13.8. The molecule has 104 valence electrons. The number of aryl methyl sites for hydroxylation is 1. The van der Waals surface area contributed by atoms with E-state index in [1.54, 1.807) is 13.0 Å². The molecule has 0 aliphatic carbocycles. The highest BCUT2D eigenvalue weighted by Gasteiger charge is 2.20. The molecule has 19 heavy (non-hydrogen) atoms. The fourth-order valence-electron chi connectivity index (χ4n) is 1.75. The molecule has 0 heterocycles. The molecule has 0 radical (unpaired) electrons. The van der Waals surface area contributed by atoms with Gasteiger partial charge in [0.25, 0.3) is 5.91 Å². The standard InChI is InChI=1S/C14H19FN2O2/c1-3-4-7-17(9-13(16)18)14(19)11-6-5-10(2)8-12(11)15/h5-6,8H,3-4,7,9H2,1-2H3,(H2,16,18). The number of nitrogens with two attached hydrogens (primary N) is 1. The first kappa shape index (κ1) is 15.1. The van der Waals surface area contributed by atoms with Crippen LogP contribution in [0.2, 0.25) is 0 Å². The second kappa shape index (κ2) is 6.87. The molecule has 0 bridgehead atoms. The monoisotopic (exact) mass is 266 g/mol. The van der Waals surface area contributed by atoms with Crippen molar-refractivity contribution in [1.82, 2.24) is 4.90 Å². The Morgan fingerprint density at radius 3 is 2.58 bits per heavy atom. The number of amides is 2. The van der Waals surface area contributed by atoms with Crippen LogP contribution in [0.15, 0.2) is 18.2 Å². The number of nitrogens with zero attached hydrogens (tertiary/aromatic N) is 1. The van der Waals surface area contributed by atoms with Crippen LogP contribution < -0.4 is 5.73 Å². The molecular weight excluding hydrogens is 247 g/mol. The molecule has 5 heteroatoms. The van der Waals surface area contributed by atoms with Crippen LogP contribution in [0.4, 0.5) is 4.39 Å². The fraction of sp³-hybridized carbons (Fsp3) is 0.429. The van der Waals surface area contributed by atoms with Gasteiger partial charge in [-0.15, -0.1) is 0 Å². The van der Waals surface area contributed by atoms with E-state index in [1.165, 1.54) is 17.0 Å². The smallest absolute Gasteiger partial charge is 0.257 e. The topological polar surface area (TPSA) is 63.4 Å². The first-order valence-corrected chi connectivity index (χ1v) is 6.29. The maximum absolute atomic E-state index is 13.8. The van der Waals surface area contributed by atoms with Crippen LogP contribution in [0.5, 0.6) is 0 Å². The summed E-state index contributed by atoms with van der Waals surface area (Å²) in [5.74, 6) is -1.67. The molecule has 0 unspecified atom stereocenters. The molecule has 0 atom stereocenters. The number of hydrogen-bond donors (Lipinski definition) is 1. The Labute approximate surface area is 112 Å². The highest BCUT2D eigenvalue weighted by molar-refractivity contribution is 5.96. The second-order valence-corrected chi connectivity index (χ2v) is 4.53. The Hall–Kier alpha value is -1.91. The fourth-order valence-corrected chi connectivity index (χ4v) is 1.75. The van der Waals surface area contributed by atoms with Crippen LogP contribution in [0, 0.1) is 12.7 Å². The number of carbonyl (C=O) groups excluding carboxylic acids is 2. The van der Waals surface area contributed by atoms with Gasteiger partial charge in [-0.05, 0) is 31.0 Å². The number of halogens is 1. The first-order valence-electron chi connectivity index (χ1n) is 6.29. The Bertz CT molecular complexity index is 475. The Morgan fingerprint density at radius 2 is 2.05 bits per heavy atom. The summed E-state index contributed by atoms with van der Waals surface area (Å²) in [6.07, 6.45) is 1.62. The largest absolute Gasteiger partial charge is 0.368 e. The summed E-state index contributed by atoms with van der Waals surface area (Å²) < 4.78 is 13.8. The average Bonchev–Trinajstić information content (AvgIpc) is 2.33. The normalized spacial score (nSPS) is 10.3. The second-order valence-electron chi connectivity index (χ2n) is 4.53. The van der Waals surface area contributed by atoms with Crippen LogP contribution in [-0.2, 0) is 4.79 Å². The number of primary amides is 1. The summed E-state index contributed by atoms with van der Waals surface area (Å²) in [6, 6.07) is 4.40. The minimum absolute atomic E-state index is 0.0250. The van der Waals surface area contributed by atoms with Crippen molar-refractivity contribution in [2.24, 2.45) is 5.73 Å². The van der Waals surface area contributed by atoms with Crippen molar-refractivity contribution in [3.8, 4) is 0 Å². The predicted octanol–water partition coefficient (Wildman–Crippen LogP) is 1.86. The highest BCUT2D eigenvalue weighted by atomic mass is 19.1. The van der Waals surface area contributed by atoms with Gasteiger partial charge in [0.15, 0.2) is 0 Å². The Kier molecular flexibility index (Phi) is 5.48. The summed E-state index contributed by atoms with van der Waals surface area (Å²) in [5, 5.41) is 0. The molecule has 4 nitrogen and oxygen atoms in total. The first-order chi connectivity index (χ1) is 8.95. The lowest BCUT2D eigenvalue weighted by Gasteiger charge is -2.21. The van der Waals surface area contributed by atoms with Gasteiger partial charge in [0.2, 0.25) is 5.91 Å². The van der Waals surface area contributed by atoms with E-state index in [0.717, 1.165) is 18.4 Å². The molecule has 0 saturated heterocycles. The number of unbranched alkanes of at least 4 members (excludes halogenated alkanes) is 1. The Morgan fingerprint density at radius 1 is 1.37 bits per heavy atom. The van der Waals surface area contributed by atoms with Gasteiger partial charge in [0, 0.05) is 6.54 Å². The maximum Gasteiger partial charge on any atom is 0.257 e. The zero-order valence-corrected chi connectivity index (χ0v) is 11.3. The molecule has 0 spiro atoms. The van der Waals surface area contributed by atoms with Gasteiger partial charge in [-0.3, -0.25) is 9.59 Å². The lowest BCUT2D eigenvalue weighted by atomic mass is 10.1. The molecular formula is C14H19FN2O2. The van der Waals surface area contributed by atoms with E-state index in [9.17, 15) is 14.0 Å². The van der Waals surface area contributed by atoms with Crippen LogP contribution in [0.25, 0.3) is 0 Å². The number of carbonyl (C=O) groups is 2. The third-order valence-corrected chi connectivity index (χ3v) is 2.77.